The zero-order valence-electron chi connectivity index (χ0n) is 12.1. The van der Waals surface area contributed by atoms with Gasteiger partial charge < -0.3 is 10.0 Å². The Kier molecular flexibility index (Phi) is 4.13. The third-order valence-corrected chi connectivity index (χ3v) is 5.86. The SMILES string of the molecule is CC(O)C1CCCN(C(=O)c2cc3c(s2)CCCC3)C1. The summed E-state index contributed by atoms with van der Waals surface area (Å²) in [6.45, 7) is 3.38. The van der Waals surface area contributed by atoms with E-state index >= 15 is 0 Å². The molecule has 20 heavy (non-hydrogen) atoms. The number of aliphatic hydroxyl groups excluding tert-OH is 1. The molecule has 0 radical (unpaired) electrons. The second-order valence-corrected chi connectivity index (χ2v) is 7.30. The average molecular weight is 293 g/mol. The summed E-state index contributed by atoms with van der Waals surface area (Å²) in [7, 11) is 0. The lowest BCUT2D eigenvalue weighted by Crippen LogP contribution is -2.42. The number of hydrogen-bond acceptors (Lipinski definition) is 3. The molecular weight excluding hydrogens is 270 g/mol. The molecule has 1 saturated heterocycles. The van der Waals surface area contributed by atoms with Gasteiger partial charge in [-0.15, -0.1) is 11.3 Å². The van der Waals surface area contributed by atoms with Gasteiger partial charge in [-0.25, -0.2) is 0 Å². The van der Waals surface area contributed by atoms with Gasteiger partial charge in [-0.2, -0.15) is 0 Å². The first-order chi connectivity index (χ1) is 9.65. The number of likely N-dealkylation sites (tertiary alicyclic amines) is 1. The van der Waals surface area contributed by atoms with Gasteiger partial charge in [0.25, 0.3) is 5.91 Å². The number of hydrogen-bond donors (Lipinski definition) is 1. The van der Waals surface area contributed by atoms with Crippen LogP contribution in [0.5, 0.6) is 0 Å². The zero-order valence-corrected chi connectivity index (χ0v) is 12.9. The highest BCUT2D eigenvalue weighted by molar-refractivity contribution is 7.14. The topological polar surface area (TPSA) is 40.5 Å². The summed E-state index contributed by atoms with van der Waals surface area (Å²) in [4.78, 5) is 16.9. The normalized spacial score (nSPS) is 24.3. The molecule has 2 aliphatic rings. The number of rotatable bonds is 2. The van der Waals surface area contributed by atoms with Crippen LogP contribution >= 0.6 is 11.3 Å². The van der Waals surface area contributed by atoms with Crippen molar-refractivity contribution in [2.24, 2.45) is 5.92 Å². The van der Waals surface area contributed by atoms with Crippen molar-refractivity contribution in [1.29, 1.82) is 0 Å². The van der Waals surface area contributed by atoms with Gasteiger partial charge in [0.2, 0.25) is 0 Å². The van der Waals surface area contributed by atoms with E-state index in [0.717, 1.165) is 37.1 Å². The summed E-state index contributed by atoms with van der Waals surface area (Å²) in [6, 6.07) is 2.12. The first kappa shape index (κ1) is 14.1. The molecule has 0 aromatic carbocycles. The van der Waals surface area contributed by atoms with Gasteiger partial charge in [-0.3, -0.25) is 4.79 Å². The predicted octanol–water partition coefficient (Wildman–Crippen LogP) is 2.86. The molecule has 1 aromatic heterocycles. The van der Waals surface area contributed by atoms with Crippen LogP contribution in [0.15, 0.2) is 6.07 Å². The minimum atomic E-state index is -0.317. The number of amides is 1. The summed E-state index contributed by atoms with van der Waals surface area (Å²) in [6.07, 6.45) is 6.51. The van der Waals surface area contributed by atoms with E-state index in [9.17, 15) is 9.90 Å². The maximum Gasteiger partial charge on any atom is 0.263 e. The number of nitrogens with zero attached hydrogens (tertiary/aromatic N) is 1. The molecule has 1 N–H and O–H groups in total. The highest BCUT2D eigenvalue weighted by Crippen LogP contribution is 2.31. The van der Waals surface area contributed by atoms with Crippen molar-refractivity contribution >= 4 is 17.2 Å². The highest BCUT2D eigenvalue weighted by Gasteiger charge is 2.28. The molecule has 2 atom stereocenters. The van der Waals surface area contributed by atoms with Crippen molar-refractivity contribution < 1.29 is 9.90 Å². The summed E-state index contributed by atoms with van der Waals surface area (Å²) >= 11 is 1.69. The number of carbonyl (C=O) groups is 1. The van der Waals surface area contributed by atoms with Crippen molar-refractivity contribution in [3.05, 3.63) is 21.4 Å². The van der Waals surface area contributed by atoms with Crippen molar-refractivity contribution in [1.82, 2.24) is 4.90 Å². The number of carbonyl (C=O) groups excluding carboxylic acids is 1. The van der Waals surface area contributed by atoms with E-state index in [1.165, 1.54) is 23.3 Å². The zero-order chi connectivity index (χ0) is 14.1. The minimum Gasteiger partial charge on any atom is -0.393 e. The Balaban J connectivity index is 1.73. The summed E-state index contributed by atoms with van der Waals surface area (Å²) in [5, 5.41) is 9.74. The summed E-state index contributed by atoms with van der Waals surface area (Å²) < 4.78 is 0. The Hall–Kier alpha value is -0.870. The maximum absolute atomic E-state index is 12.6. The Labute approximate surface area is 124 Å². The van der Waals surface area contributed by atoms with Crippen LogP contribution in [0.1, 0.15) is 52.7 Å². The molecule has 3 nitrogen and oxygen atoms in total. The molecule has 4 heteroatoms. The maximum atomic E-state index is 12.6. The number of fused-ring (bicyclic) bond motifs is 1. The van der Waals surface area contributed by atoms with Crippen LogP contribution < -0.4 is 0 Å². The fourth-order valence-electron chi connectivity index (χ4n) is 3.34. The van der Waals surface area contributed by atoms with Gasteiger partial charge >= 0.3 is 0 Å². The second-order valence-electron chi connectivity index (χ2n) is 6.16. The molecule has 2 unspecified atom stereocenters. The van der Waals surface area contributed by atoms with Gasteiger partial charge in [-0.05, 0) is 57.1 Å². The minimum absolute atomic E-state index is 0.176. The monoisotopic (exact) mass is 293 g/mol. The predicted molar refractivity (Wildman–Crippen MR) is 81.3 cm³/mol. The highest BCUT2D eigenvalue weighted by atomic mass is 32.1. The molecule has 1 aliphatic carbocycles. The van der Waals surface area contributed by atoms with Gasteiger partial charge in [-0.1, -0.05) is 0 Å². The fraction of sp³-hybridized carbons (Fsp3) is 0.688. The third kappa shape index (κ3) is 2.77. The van der Waals surface area contributed by atoms with E-state index in [-0.39, 0.29) is 17.9 Å². The second kappa shape index (κ2) is 5.86. The van der Waals surface area contributed by atoms with E-state index in [0.29, 0.717) is 6.54 Å². The fourth-order valence-corrected chi connectivity index (χ4v) is 4.56. The van der Waals surface area contributed by atoms with Gasteiger partial charge in [0.1, 0.15) is 0 Å². The lowest BCUT2D eigenvalue weighted by molar-refractivity contribution is 0.0469. The van der Waals surface area contributed by atoms with Crippen LogP contribution in [-0.2, 0) is 12.8 Å². The molecule has 1 aliphatic heterocycles. The van der Waals surface area contributed by atoms with Crippen LogP contribution in [-0.4, -0.2) is 35.1 Å². The molecule has 1 fully saturated rings. The molecule has 1 amide bonds. The lowest BCUT2D eigenvalue weighted by Gasteiger charge is -2.33. The van der Waals surface area contributed by atoms with Gasteiger partial charge in [0.15, 0.2) is 0 Å². The molecular formula is C16H23NO2S. The summed E-state index contributed by atoms with van der Waals surface area (Å²) in [5.41, 5.74) is 1.40. The Bertz CT molecular complexity index is 471. The van der Waals surface area contributed by atoms with Crippen molar-refractivity contribution in [3.63, 3.8) is 0 Å². The van der Waals surface area contributed by atoms with Crippen LogP contribution in [0.4, 0.5) is 0 Å². The molecule has 110 valence electrons. The van der Waals surface area contributed by atoms with E-state index in [2.05, 4.69) is 6.07 Å². The number of piperidine rings is 1. The lowest BCUT2D eigenvalue weighted by atomic mass is 9.93. The first-order valence-electron chi connectivity index (χ1n) is 7.74. The van der Waals surface area contributed by atoms with Gasteiger partial charge in [0, 0.05) is 23.9 Å². The van der Waals surface area contributed by atoms with Crippen LogP contribution in [0.25, 0.3) is 0 Å². The molecule has 0 spiro atoms. The molecule has 2 heterocycles. The standard InChI is InChI=1S/C16H23NO2S/c1-11(18)13-6-4-8-17(10-13)16(19)15-9-12-5-2-3-7-14(12)20-15/h9,11,13,18H,2-8,10H2,1H3. The van der Waals surface area contributed by atoms with Crippen molar-refractivity contribution in [2.45, 2.75) is 51.6 Å². The molecule has 3 rings (SSSR count). The Morgan fingerprint density at radius 1 is 1.40 bits per heavy atom. The van der Waals surface area contributed by atoms with Crippen LogP contribution in [0, 0.1) is 5.92 Å². The van der Waals surface area contributed by atoms with E-state index in [1.807, 2.05) is 11.8 Å². The Morgan fingerprint density at radius 3 is 2.95 bits per heavy atom. The van der Waals surface area contributed by atoms with E-state index in [4.69, 9.17) is 0 Å². The van der Waals surface area contributed by atoms with E-state index < -0.39 is 0 Å². The smallest absolute Gasteiger partial charge is 0.263 e. The molecule has 0 bridgehead atoms. The van der Waals surface area contributed by atoms with Crippen LogP contribution in [0.3, 0.4) is 0 Å². The largest absolute Gasteiger partial charge is 0.393 e. The first-order valence-corrected chi connectivity index (χ1v) is 8.55. The third-order valence-electron chi connectivity index (χ3n) is 4.63. The number of aliphatic hydroxyl groups is 1. The van der Waals surface area contributed by atoms with Crippen LogP contribution in [0.2, 0.25) is 0 Å². The number of thiophene rings is 1. The average Bonchev–Trinajstić information content (AvgIpc) is 2.90. The van der Waals surface area contributed by atoms with Crippen molar-refractivity contribution in [2.75, 3.05) is 13.1 Å². The van der Waals surface area contributed by atoms with Crippen molar-refractivity contribution in [3.8, 4) is 0 Å². The van der Waals surface area contributed by atoms with E-state index in [1.54, 1.807) is 11.3 Å². The summed E-state index contributed by atoms with van der Waals surface area (Å²) in [5.74, 6) is 0.414. The molecule has 1 aromatic rings. The quantitative estimate of drug-likeness (QED) is 0.911. The Morgan fingerprint density at radius 2 is 2.20 bits per heavy atom. The number of aryl methyl sites for hydroxylation is 2. The van der Waals surface area contributed by atoms with Gasteiger partial charge in [0.05, 0.1) is 11.0 Å². The molecule has 0 saturated carbocycles.